The number of thioether (sulfide) groups is 1. The van der Waals surface area contributed by atoms with Gasteiger partial charge in [-0.1, -0.05) is 35.1 Å². The van der Waals surface area contributed by atoms with E-state index < -0.39 is 27.3 Å². The summed E-state index contributed by atoms with van der Waals surface area (Å²) in [4.78, 5) is 3.34. The molecule has 0 unspecified atom stereocenters. The largest absolute Gasteiger partial charge is 0.446 e. The van der Waals surface area contributed by atoms with Crippen LogP contribution in [0.25, 0.3) is 0 Å². The number of halogens is 4. The van der Waals surface area contributed by atoms with Gasteiger partial charge in [0.15, 0.2) is 8.68 Å². The topological polar surface area (TPSA) is 59.1 Å². The minimum absolute atomic E-state index is 0.0216. The van der Waals surface area contributed by atoms with Crippen molar-refractivity contribution in [2.75, 3.05) is 4.72 Å². The van der Waals surface area contributed by atoms with Gasteiger partial charge in [0.2, 0.25) is 0 Å². The number of thiazole rings is 1. The zero-order chi connectivity index (χ0) is 15.7. The molecule has 1 aromatic heterocycles. The molecule has 4 nitrogen and oxygen atoms in total. The normalized spacial score (nSPS) is 12.4. The molecule has 1 heterocycles. The highest BCUT2D eigenvalue weighted by molar-refractivity contribution is 8.00. The zero-order valence-corrected chi connectivity index (χ0v) is 13.1. The molecule has 1 aromatic carbocycles. The third-order valence-corrected chi connectivity index (χ3v) is 5.83. The summed E-state index contributed by atoms with van der Waals surface area (Å²) in [5.41, 5.74) is -4.68. The Balaban J connectivity index is 2.31. The summed E-state index contributed by atoms with van der Waals surface area (Å²) >= 11 is 5.86. The van der Waals surface area contributed by atoms with Crippen LogP contribution in [0.4, 0.5) is 18.9 Å². The Hall–Kier alpha value is -0.970. The number of alkyl halides is 3. The van der Waals surface area contributed by atoms with Gasteiger partial charge in [0.25, 0.3) is 10.0 Å². The van der Waals surface area contributed by atoms with E-state index in [4.69, 9.17) is 11.6 Å². The maximum Gasteiger partial charge on any atom is 0.446 e. The van der Waals surface area contributed by atoms with Crippen molar-refractivity contribution < 1.29 is 21.6 Å². The van der Waals surface area contributed by atoms with Crippen LogP contribution in [0.2, 0.25) is 4.47 Å². The number of para-hydroxylation sites is 1. The molecule has 0 spiro atoms. The highest BCUT2D eigenvalue weighted by Gasteiger charge is 2.31. The zero-order valence-electron chi connectivity index (χ0n) is 9.89. The average molecular weight is 375 g/mol. The molecule has 0 bridgehead atoms. The molecule has 114 valence electrons. The van der Waals surface area contributed by atoms with Crippen LogP contribution in [0, 0.1) is 0 Å². The summed E-state index contributed by atoms with van der Waals surface area (Å²) in [6.07, 6.45) is 1.04. The molecule has 2 aromatic rings. The number of hydrogen-bond acceptors (Lipinski definition) is 5. The molecule has 21 heavy (non-hydrogen) atoms. The van der Waals surface area contributed by atoms with Gasteiger partial charge in [0, 0.05) is 4.90 Å². The fraction of sp³-hybridized carbons (Fsp3) is 0.100. The lowest BCUT2D eigenvalue weighted by Crippen LogP contribution is -2.12. The van der Waals surface area contributed by atoms with E-state index in [1.165, 1.54) is 24.3 Å². The smallest absolute Gasteiger partial charge is 0.278 e. The van der Waals surface area contributed by atoms with E-state index in [0.717, 1.165) is 6.20 Å². The highest BCUT2D eigenvalue weighted by atomic mass is 35.5. The first-order valence-corrected chi connectivity index (χ1v) is 8.66. The Morgan fingerprint density at radius 2 is 1.95 bits per heavy atom. The van der Waals surface area contributed by atoms with Crippen molar-refractivity contribution in [1.29, 1.82) is 0 Å². The molecular formula is C10H6ClF3N2O2S3. The minimum atomic E-state index is -4.52. The van der Waals surface area contributed by atoms with Crippen molar-refractivity contribution in [1.82, 2.24) is 4.98 Å². The lowest BCUT2D eigenvalue weighted by atomic mass is 10.3. The number of rotatable bonds is 4. The monoisotopic (exact) mass is 374 g/mol. The lowest BCUT2D eigenvalue weighted by molar-refractivity contribution is -0.0327. The Labute approximate surface area is 131 Å². The van der Waals surface area contributed by atoms with Crippen LogP contribution in [0.15, 0.2) is 39.6 Å². The molecule has 1 N–H and O–H groups in total. The van der Waals surface area contributed by atoms with Crippen molar-refractivity contribution in [3.8, 4) is 0 Å². The van der Waals surface area contributed by atoms with Gasteiger partial charge in [0.1, 0.15) is 0 Å². The first-order valence-electron chi connectivity index (χ1n) is 5.16. The molecule has 0 fully saturated rings. The molecule has 0 aliphatic heterocycles. The fourth-order valence-electron chi connectivity index (χ4n) is 1.32. The number of nitrogens with zero attached hydrogens (tertiary/aromatic N) is 1. The van der Waals surface area contributed by atoms with Gasteiger partial charge < -0.3 is 0 Å². The summed E-state index contributed by atoms with van der Waals surface area (Å²) in [6.45, 7) is 0. The predicted molar refractivity (Wildman–Crippen MR) is 76.3 cm³/mol. The molecule has 0 aliphatic carbocycles. The number of benzene rings is 1. The van der Waals surface area contributed by atoms with Crippen LogP contribution >= 0.6 is 34.7 Å². The summed E-state index contributed by atoms with van der Waals surface area (Å²) in [6, 6.07) is 5.23. The van der Waals surface area contributed by atoms with Crippen molar-refractivity contribution in [3.63, 3.8) is 0 Å². The molecule has 0 saturated heterocycles. The van der Waals surface area contributed by atoms with E-state index in [9.17, 15) is 21.6 Å². The predicted octanol–water partition coefficient (Wildman–Crippen LogP) is 4.21. The van der Waals surface area contributed by atoms with E-state index in [-0.39, 0.29) is 19.3 Å². The molecule has 0 radical (unpaired) electrons. The van der Waals surface area contributed by atoms with E-state index in [2.05, 4.69) is 9.71 Å². The number of nitrogens with one attached hydrogen (secondary N) is 1. The number of hydrogen-bond donors (Lipinski definition) is 1. The Morgan fingerprint density at radius 1 is 1.29 bits per heavy atom. The molecular weight excluding hydrogens is 369 g/mol. The summed E-state index contributed by atoms with van der Waals surface area (Å²) in [7, 11) is -4.03. The van der Waals surface area contributed by atoms with Crippen LogP contribution in [0.5, 0.6) is 0 Å². The summed E-state index contributed by atoms with van der Waals surface area (Å²) in [5, 5.41) is 0. The van der Waals surface area contributed by atoms with Crippen molar-refractivity contribution in [2.45, 2.75) is 14.6 Å². The first kappa shape index (κ1) is 16.4. The minimum Gasteiger partial charge on any atom is -0.278 e. The van der Waals surface area contributed by atoms with Crippen LogP contribution in [0.3, 0.4) is 0 Å². The molecule has 0 saturated carbocycles. The molecule has 11 heteroatoms. The number of aromatic nitrogens is 1. The molecule has 0 aliphatic rings. The summed E-state index contributed by atoms with van der Waals surface area (Å²) < 4.78 is 63.4. The van der Waals surface area contributed by atoms with Gasteiger partial charge in [-0.15, -0.1) is 0 Å². The van der Waals surface area contributed by atoms with Gasteiger partial charge >= 0.3 is 5.51 Å². The maximum atomic E-state index is 12.4. The van der Waals surface area contributed by atoms with Crippen LogP contribution < -0.4 is 4.72 Å². The van der Waals surface area contributed by atoms with Crippen LogP contribution in [0.1, 0.15) is 0 Å². The number of sulfonamides is 1. The van der Waals surface area contributed by atoms with Crippen LogP contribution in [-0.4, -0.2) is 18.9 Å². The van der Waals surface area contributed by atoms with Crippen molar-refractivity contribution in [3.05, 3.63) is 34.9 Å². The third kappa shape index (κ3) is 4.50. The van der Waals surface area contributed by atoms with Crippen molar-refractivity contribution in [2.24, 2.45) is 0 Å². The van der Waals surface area contributed by atoms with Gasteiger partial charge in [-0.25, -0.2) is 13.4 Å². The van der Waals surface area contributed by atoms with E-state index in [0.29, 0.717) is 11.3 Å². The van der Waals surface area contributed by atoms with E-state index in [1.54, 1.807) is 0 Å². The average Bonchev–Trinajstić information content (AvgIpc) is 2.77. The first-order chi connectivity index (χ1) is 9.67. The maximum absolute atomic E-state index is 12.4. The number of anilines is 1. The second kappa shape index (κ2) is 6.03. The SMILES string of the molecule is O=S(=O)(Nc1ccccc1SC(F)(F)F)c1cnc(Cl)s1. The Kier molecular flexibility index (Phi) is 4.71. The van der Waals surface area contributed by atoms with Crippen LogP contribution in [-0.2, 0) is 10.0 Å². The highest BCUT2D eigenvalue weighted by Crippen LogP contribution is 2.41. The van der Waals surface area contributed by atoms with E-state index >= 15 is 0 Å². The van der Waals surface area contributed by atoms with Gasteiger partial charge in [-0.2, -0.15) is 13.2 Å². The standard InChI is InChI=1S/C10H6ClF3N2O2S3/c11-9-15-5-8(19-9)21(17,18)16-6-3-1-2-4-7(6)20-10(12,13)14/h1-5,16H. The lowest BCUT2D eigenvalue weighted by Gasteiger charge is -2.12. The van der Waals surface area contributed by atoms with Gasteiger partial charge in [-0.05, 0) is 23.9 Å². The molecule has 2 rings (SSSR count). The second-order valence-corrected chi connectivity index (χ2v) is 8.21. The van der Waals surface area contributed by atoms with Crippen molar-refractivity contribution >= 4 is 50.4 Å². The Bertz CT molecular complexity index is 746. The molecule has 0 amide bonds. The summed E-state index contributed by atoms with van der Waals surface area (Å²) in [5.74, 6) is 0. The fourth-order valence-corrected chi connectivity index (χ4v) is 4.39. The van der Waals surface area contributed by atoms with Gasteiger partial charge in [0.05, 0.1) is 11.9 Å². The third-order valence-electron chi connectivity index (χ3n) is 2.08. The molecule has 0 atom stereocenters. The van der Waals surface area contributed by atoms with Gasteiger partial charge in [-0.3, -0.25) is 4.72 Å². The Morgan fingerprint density at radius 3 is 2.52 bits per heavy atom. The van der Waals surface area contributed by atoms with E-state index in [1.807, 2.05) is 0 Å². The second-order valence-electron chi connectivity index (χ2n) is 3.58. The quantitative estimate of drug-likeness (QED) is 0.814.